The molecule has 5 heteroatoms. The second-order valence-corrected chi connectivity index (χ2v) is 3.73. The number of nitrogens with zero attached hydrogens (tertiary/aromatic N) is 2. The highest BCUT2D eigenvalue weighted by Gasteiger charge is 2.07. The molecule has 0 aromatic carbocycles. The van der Waals surface area contributed by atoms with E-state index in [-0.39, 0.29) is 11.1 Å². The zero-order chi connectivity index (χ0) is 13.0. The maximum absolute atomic E-state index is 11.8. The minimum Gasteiger partial charge on any atom is -0.465 e. The van der Waals surface area contributed by atoms with Gasteiger partial charge in [-0.1, -0.05) is 6.07 Å². The van der Waals surface area contributed by atoms with Gasteiger partial charge in [-0.15, -0.1) is 0 Å². The lowest BCUT2D eigenvalue weighted by molar-refractivity contribution is 0.0600. The SMILES string of the molecule is COC(=O)c1ccn(Cc2cccnc2)c(=O)c1. The van der Waals surface area contributed by atoms with E-state index in [1.807, 2.05) is 12.1 Å². The van der Waals surface area contributed by atoms with Crippen LogP contribution >= 0.6 is 0 Å². The van der Waals surface area contributed by atoms with Gasteiger partial charge in [-0.2, -0.15) is 0 Å². The number of esters is 1. The monoisotopic (exact) mass is 244 g/mol. The largest absolute Gasteiger partial charge is 0.465 e. The predicted octanol–water partition coefficient (Wildman–Crippen LogP) is 1.08. The fraction of sp³-hybridized carbons (Fsp3) is 0.154. The van der Waals surface area contributed by atoms with Crippen LogP contribution in [-0.4, -0.2) is 22.6 Å². The average Bonchev–Trinajstić information content (AvgIpc) is 2.41. The van der Waals surface area contributed by atoms with Crippen molar-refractivity contribution in [1.82, 2.24) is 9.55 Å². The minimum absolute atomic E-state index is 0.248. The van der Waals surface area contributed by atoms with E-state index in [0.29, 0.717) is 6.54 Å². The molecule has 0 N–H and O–H groups in total. The van der Waals surface area contributed by atoms with E-state index in [1.165, 1.54) is 17.7 Å². The summed E-state index contributed by atoms with van der Waals surface area (Å²) in [5, 5.41) is 0. The molecule has 5 nitrogen and oxygen atoms in total. The molecule has 0 aliphatic rings. The van der Waals surface area contributed by atoms with E-state index in [0.717, 1.165) is 5.56 Å². The maximum atomic E-state index is 11.8. The number of carbonyl (C=O) groups is 1. The molecule has 2 aromatic heterocycles. The summed E-state index contributed by atoms with van der Waals surface area (Å²) in [6, 6.07) is 6.52. The van der Waals surface area contributed by atoms with E-state index in [2.05, 4.69) is 9.72 Å². The van der Waals surface area contributed by atoms with E-state index in [9.17, 15) is 9.59 Å². The minimum atomic E-state index is -0.513. The van der Waals surface area contributed by atoms with Crippen LogP contribution < -0.4 is 5.56 Å². The topological polar surface area (TPSA) is 61.2 Å². The molecular formula is C13H12N2O3. The zero-order valence-electron chi connectivity index (χ0n) is 9.87. The molecule has 0 spiro atoms. The molecule has 2 heterocycles. The van der Waals surface area contributed by atoms with Gasteiger partial charge in [-0.3, -0.25) is 9.78 Å². The van der Waals surface area contributed by atoms with Gasteiger partial charge in [0.2, 0.25) is 0 Å². The molecule has 92 valence electrons. The first-order chi connectivity index (χ1) is 8.70. The lowest BCUT2D eigenvalue weighted by Gasteiger charge is -2.06. The second-order valence-electron chi connectivity index (χ2n) is 3.73. The lowest BCUT2D eigenvalue weighted by atomic mass is 10.2. The number of aromatic nitrogens is 2. The molecule has 0 unspecified atom stereocenters. The highest BCUT2D eigenvalue weighted by atomic mass is 16.5. The Balaban J connectivity index is 2.26. The van der Waals surface area contributed by atoms with Crippen LogP contribution in [0.15, 0.2) is 47.7 Å². The first kappa shape index (κ1) is 12.0. The lowest BCUT2D eigenvalue weighted by Crippen LogP contribution is -2.21. The Morgan fingerprint density at radius 3 is 2.89 bits per heavy atom. The molecule has 0 fully saturated rings. The molecule has 0 saturated carbocycles. The molecule has 2 aromatic rings. The fourth-order valence-electron chi connectivity index (χ4n) is 1.57. The van der Waals surface area contributed by atoms with E-state index >= 15 is 0 Å². The molecule has 0 amide bonds. The standard InChI is InChI=1S/C13H12N2O3/c1-18-13(17)11-4-6-15(12(16)7-11)9-10-3-2-5-14-8-10/h2-8H,9H2,1H3. The van der Waals surface area contributed by atoms with E-state index in [4.69, 9.17) is 0 Å². The van der Waals surface area contributed by atoms with Crippen LogP contribution in [0.3, 0.4) is 0 Å². The second kappa shape index (κ2) is 5.27. The maximum Gasteiger partial charge on any atom is 0.338 e. The van der Waals surface area contributed by atoms with Gasteiger partial charge in [0.25, 0.3) is 5.56 Å². The molecule has 0 bridgehead atoms. The van der Waals surface area contributed by atoms with Gasteiger partial charge in [0.15, 0.2) is 0 Å². The number of rotatable bonds is 3. The summed E-state index contributed by atoms with van der Waals surface area (Å²) >= 11 is 0. The van der Waals surface area contributed by atoms with E-state index < -0.39 is 5.97 Å². The van der Waals surface area contributed by atoms with Gasteiger partial charge < -0.3 is 9.30 Å². The van der Waals surface area contributed by atoms with Gasteiger partial charge in [-0.25, -0.2) is 4.79 Å². The van der Waals surface area contributed by atoms with Crippen molar-refractivity contribution in [2.45, 2.75) is 6.54 Å². The number of pyridine rings is 2. The first-order valence-corrected chi connectivity index (χ1v) is 5.38. The summed E-state index contributed by atoms with van der Waals surface area (Å²) < 4.78 is 6.06. The van der Waals surface area contributed by atoms with Crippen LogP contribution in [0.5, 0.6) is 0 Å². The van der Waals surface area contributed by atoms with Crippen LogP contribution in [0.2, 0.25) is 0 Å². The van der Waals surface area contributed by atoms with Crippen LogP contribution in [0.1, 0.15) is 15.9 Å². The summed E-state index contributed by atoms with van der Waals surface area (Å²) in [6.07, 6.45) is 4.94. The van der Waals surface area contributed by atoms with Gasteiger partial charge >= 0.3 is 5.97 Å². The Hall–Kier alpha value is -2.43. The van der Waals surface area contributed by atoms with Crippen molar-refractivity contribution in [3.8, 4) is 0 Å². The number of carbonyl (C=O) groups excluding carboxylic acids is 1. The van der Waals surface area contributed by atoms with Gasteiger partial charge in [-0.05, 0) is 17.7 Å². The molecular weight excluding hydrogens is 232 g/mol. The third-order valence-electron chi connectivity index (χ3n) is 2.49. The normalized spacial score (nSPS) is 10.1. The van der Waals surface area contributed by atoms with Gasteiger partial charge in [0.1, 0.15) is 0 Å². The summed E-state index contributed by atoms with van der Waals surface area (Å²) in [5.74, 6) is -0.513. The van der Waals surface area contributed by atoms with Crippen LogP contribution in [0, 0.1) is 0 Å². The zero-order valence-corrected chi connectivity index (χ0v) is 9.87. The third kappa shape index (κ3) is 2.63. The fourth-order valence-corrected chi connectivity index (χ4v) is 1.57. The van der Waals surface area contributed by atoms with Crippen molar-refractivity contribution in [3.05, 3.63) is 64.3 Å². The molecule has 0 aliphatic heterocycles. The van der Waals surface area contributed by atoms with Crippen LogP contribution in [0.25, 0.3) is 0 Å². The van der Waals surface area contributed by atoms with Crippen molar-refractivity contribution < 1.29 is 9.53 Å². The Morgan fingerprint density at radius 2 is 2.28 bits per heavy atom. The molecule has 2 rings (SSSR count). The number of hydrogen-bond donors (Lipinski definition) is 0. The summed E-state index contributed by atoms with van der Waals surface area (Å²) in [7, 11) is 1.28. The van der Waals surface area contributed by atoms with Gasteiger partial charge in [0.05, 0.1) is 19.2 Å². The predicted molar refractivity (Wildman–Crippen MR) is 65.4 cm³/mol. The van der Waals surface area contributed by atoms with Crippen molar-refractivity contribution in [3.63, 3.8) is 0 Å². The molecule has 0 atom stereocenters. The third-order valence-corrected chi connectivity index (χ3v) is 2.49. The highest BCUT2D eigenvalue weighted by molar-refractivity contribution is 5.88. The summed E-state index contributed by atoms with van der Waals surface area (Å²) in [4.78, 5) is 27.0. The Labute approximate surface area is 104 Å². The molecule has 0 aliphatic carbocycles. The Morgan fingerprint density at radius 1 is 1.44 bits per heavy atom. The molecule has 0 radical (unpaired) electrons. The number of methoxy groups -OCH3 is 1. The average molecular weight is 244 g/mol. The van der Waals surface area contributed by atoms with E-state index in [1.54, 1.807) is 24.7 Å². The van der Waals surface area contributed by atoms with Crippen LogP contribution in [0.4, 0.5) is 0 Å². The van der Waals surface area contributed by atoms with Crippen LogP contribution in [-0.2, 0) is 11.3 Å². The Kier molecular flexibility index (Phi) is 3.52. The van der Waals surface area contributed by atoms with Gasteiger partial charge in [0, 0.05) is 24.7 Å². The first-order valence-electron chi connectivity index (χ1n) is 5.38. The van der Waals surface area contributed by atoms with Crippen molar-refractivity contribution in [2.75, 3.05) is 7.11 Å². The van der Waals surface area contributed by atoms with Crippen molar-refractivity contribution >= 4 is 5.97 Å². The number of hydrogen-bond acceptors (Lipinski definition) is 4. The Bertz CT molecular complexity index is 605. The highest BCUT2D eigenvalue weighted by Crippen LogP contribution is 2.01. The quantitative estimate of drug-likeness (QED) is 0.758. The summed E-state index contributed by atoms with van der Waals surface area (Å²) in [5.41, 5.74) is 0.928. The molecule has 18 heavy (non-hydrogen) atoms. The smallest absolute Gasteiger partial charge is 0.338 e. The van der Waals surface area contributed by atoms with Crippen molar-refractivity contribution in [1.29, 1.82) is 0 Å². The summed E-state index contributed by atoms with van der Waals surface area (Å²) in [6.45, 7) is 0.425. The number of ether oxygens (including phenoxy) is 1. The molecule has 0 saturated heterocycles. The van der Waals surface area contributed by atoms with Crippen molar-refractivity contribution in [2.24, 2.45) is 0 Å².